The number of hydrogen-bond donors (Lipinski definition) is 1. The highest BCUT2D eigenvalue weighted by Crippen LogP contribution is 2.43. The predicted octanol–water partition coefficient (Wildman–Crippen LogP) is 3.10. The second-order valence-electron chi connectivity index (χ2n) is 9.40. The van der Waals surface area contributed by atoms with E-state index >= 15 is 0 Å². The Labute approximate surface area is 201 Å². The van der Waals surface area contributed by atoms with Gasteiger partial charge in [-0.3, -0.25) is 4.79 Å². The van der Waals surface area contributed by atoms with Crippen LogP contribution in [0.1, 0.15) is 49.2 Å². The van der Waals surface area contributed by atoms with Crippen LogP contribution >= 0.6 is 0 Å². The molecule has 1 heterocycles. The number of benzene rings is 2. The molecule has 7 heteroatoms. The fourth-order valence-electron chi connectivity index (χ4n) is 4.47. The SMILES string of the molecule is COc1ccc(C=C2Oc3c(ccc([O-])c3C[NH+](CC(C)C)CC(C)C)C2=O)c(OC)c1OC. The number of allylic oxidation sites excluding steroid dienone is 1. The molecule has 0 aliphatic carbocycles. The van der Waals surface area contributed by atoms with E-state index in [1.165, 1.54) is 25.2 Å². The highest BCUT2D eigenvalue weighted by Gasteiger charge is 2.32. The Kier molecular flexibility index (Phi) is 8.10. The van der Waals surface area contributed by atoms with Crippen molar-refractivity contribution in [2.24, 2.45) is 11.8 Å². The number of Topliss-reactive ketones (excluding diaryl/α,β-unsaturated/α-hetero) is 1. The number of fused-ring (bicyclic) bond motifs is 1. The third-order valence-corrected chi connectivity index (χ3v) is 5.74. The Morgan fingerprint density at radius 1 is 0.941 bits per heavy atom. The van der Waals surface area contributed by atoms with Gasteiger partial charge in [0.15, 0.2) is 17.3 Å². The first-order chi connectivity index (χ1) is 16.2. The number of rotatable bonds is 10. The lowest BCUT2D eigenvalue weighted by Crippen LogP contribution is -3.11. The van der Waals surface area contributed by atoms with Gasteiger partial charge in [0, 0.05) is 23.0 Å². The summed E-state index contributed by atoms with van der Waals surface area (Å²) < 4.78 is 22.4. The summed E-state index contributed by atoms with van der Waals surface area (Å²) in [4.78, 5) is 14.5. The van der Waals surface area contributed by atoms with Crippen molar-refractivity contribution in [2.75, 3.05) is 34.4 Å². The summed E-state index contributed by atoms with van der Waals surface area (Å²) in [5.74, 6) is 2.47. The van der Waals surface area contributed by atoms with Gasteiger partial charge in [-0.1, -0.05) is 39.5 Å². The lowest BCUT2D eigenvalue weighted by atomic mass is 10.0. The molecule has 0 spiro atoms. The van der Waals surface area contributed by atoms with Crippen molar-refractivity contribution in [2.45, 2.75) is 34.2 Å². The lowest BCUT2D eigenvalue weighted by molar-refractivity contribution is -0.919. The van der Waals surface area contributed by atoms with Crippen molar-refractivity contribution in [3.8, 4) is 28.7 Å². The molecule has 1 aliphatic heterocycles. The Bertz CT molecular complexity index is 1060. The summed E-state index contributed by atoms with van der Waals surface area (Å²) in [6.07, 6.45) is 1.62. The van der Waals surface area contributed by atoms with Crippen molar-refractivity contribution in [3.63, 3.8) is 0 Å². The average Bonchev–Trinajstić information content (AvgIpc) is 3.09. The molecular weight excluding hydrogens is 434 g/mol. The number of nitrogens with one attached hydrogen (secondary N) is 1. The number of methoxy groups -OCH3 is 3. The van der Waals surface area contributed by atoms with Crippen LogP contribution in [0.4, 0.5) is 0 Å². The van der Waals surface area contributed by atoms with Crippen LogP contribution in [0.25, 0.3) is 6.08 Å². The van der Waals surface area contributed by atoms with Crippen LogP contribution < -0.4 is 29.0 Å². The largest absolute Gasteiger partial charge is 0.872 e. The molecule has 1 aliphatic rings. The van der Waals surface area contributed by atoms with Gasteiger partial charge in [-0.15, -0.1) is 0 Å². The minimum Gasteiger partial charge on any atom is -0.872 e. The van der Waals surface area contributed by atoms with Gasteiger partial charge in [-0.05, 0) is 24.3 Å². The smallest absolute Gasteiger partial charge is 0.231 e. The van der Waals surface area contributed by atoms with E-state index in [4.69, 9.17) is 18.9 Å². The molecule has 2 aromatic rings. The van der Waals surface area contributed by atoms with Gasteiger partial charge < -0.3 is 29.0 Å². The zero-order valence-electron chi connectivity index (χ0n) is 21.1. The first-order valence-corrected chi connectivity index (χ1v) is 11.6. The summed E-state index contributed by atoms with van der Waals surface area (Å²) in [5, 5.41) is 12.8. The fraction of sp³-hybridized carbons (Fsp3) is 0.444. The first kappa shape index (κ1) is 25.4. The zero-order chi connectivity index (χ0) is 25.0. The normalized spacial score (nSPS) is 14.2. The van der Waals surface area contributed by atoms with E-state index in [0.29, 0.717) is 58.1 Å². The molecule has 0 radical (unpaired) electrons. The summed E-state index contributed by atoms with van der Waals surface area (Å²) in [6.45, 7) is 11.1. The second kappa shape index (κ2) is 10.8. The van der Waals surface area contributed by atoms with Gasteiger partial charge in [-0.25, -0.2) is 0 Å². The number of carbonyl (C=O) groups is 1. The number of hydrogen-bond acceptors (Lipinski definition) is 6. The van der Waals surface area contributed by atoms with Gasteiger partial charge in [0.25, 0.3) is 0 Å². The molecule has 0 fully saturated rings. The van der Waals surface area contributed by atoms with E-state index in [-0.39, 0.29) is 17.3 Å². The molecule has 0 unspecified atom stereocenters. The first-order valence-electron chi connectivity index (χ1n) is 11.6. The van der Waals surface area contributed by atoms with Gasteiger partial charge in [0.2, 0.25) is 11.5 Å². The fourth-order valence-corrected chi connectivity index (χ4v) is 4.47. The van der Waals surface area contributed by atoms with Crippen molar-refractivity contribution in [1.29, 1.82) is 0 Å². The average molecular weight is 470 g/mol. The van der Waals surface area contributed by atoms with E-state index in [1.807, 2.05) is 0 Å². The van der Waals surface area contributed by atoms with Crippen molar-refractivity contribution < 1.29 is 33.7 Å². The van der Waals surface area contributed by atoms with E-state index in [1.54, 1.807) is 31.4 Å². The molecule has 0 bridgehead atoms. The molecular formula is C27H35NO6. The van der Waals surface area contributed by atoms with Crippen molar-refractivity contribution in [3.05, 3.63) is 46.7 Å². The second-order valence-corrected chi connectivity index (χ2v) is 9.40. The third kappa shape index (κ3) is 5.30. The lowest BCUT2D eigenvalue weighted by Gasteiger charge is -2.26. The van der Waals surface area contributed by atoms with Gasteiger partial charge in [0.1, 0.15) is 12.3 Å². The highest BCUT2D eigenvalue weighted by molar-refractivity contribution is 6.15. The maximum Gasteiger partial charge on any atom is 0.231 e. The number of quaternary nitrogens is 1. The summed E-state index contributed by atoms with van der Waals surface area (Å²) in [7, 11) is 4.59. The molecule has 0 atom stereocenters. The molecule has 184 valence electrons. The predicted molar refractivity (Wildman–Crippen MR) is 129 cm³/mol. The van der Waals surface area contributed by atoms with Crippen LogP contribution in [0, 0.1) is 11.8 Å². The van der Waals surface area contributed by atoms with Crippen molar-refractivity contribution in [1.82, 2.24) is 0 Å². The Balaban J connectivity index is 2.00. The minimum absolute atomic E-state index is 0.110. The molecule has 2 aromatic carbocycles. The van der Waals surface area contributed by atoms with E-state index in [0.717, 1.165) is 13.1 Å². The molecule has 0 saturated carbocycles. The number of ether oxygens (including phenoxy) is 4. The van der Waals surface area contributed by atoms with Gasteiger partial charge >= 0.3 is 0 Å². The molecule has 1 N–H and O–H groups in total. The van der Waals surface area contributed by atoms with E-state index in [2.05, 4.69) is 27.7 Å². The van der Waals surface area contributed by atoms with Crippen LogP contribution in [0.2, 0.25) is 0 Å². The molecule has 7 nitrogen and oxygen atoms in total. The van der Waals surface area contributed by atoms with Gasteiger partial charge in [0.05, 0.1) is 40.0 Å². The summed E-state index contributed by atoms with van der Waals surface area (Å²) in [5.41, 5.74) is 1.56. The van der Waals surface area contributed by atoms with E-state index < -0.39 is 0 Å². The monoisotopic (exact) mass is 469 g/mol. The third-order valence-electron chi connectivity index (χ3n) is 5.74. The van der Waals surface area contributed by atoms with E-state index in [9.17, 15) is 9.90 Å². The topological polar surface area (TPSA) is 81.5 Å². The van der Waals surface area contributed by atoms with Crippen molar-refractivity contribution >= 4 is 11.9 Å². The maximum absolute atomic E-state index is 13.2. The zero-order valence-corrected chi connectivity index (χ0v) is 21.1. The Morgan fingerprint density at radius 3 is 2.15 bits per heavy atom. The quantitative estimate of drug-likeness (QED) is 0.539. The molecule has 0 saturated heterocycles. The minimum atomic E-state index is -0.262. The molecule has 0 aromatic heterocycles. The van der Waals surface area contributed by atoms with Crippen LogP contribution in [0.3, 0.4) is 0 Å². The maximum atomic E-state index is 13.2. The van der Waals surface area contributed by atoms with Crippen LogP contribution in [-0.2, 0) is 6.54 Å². The van der Waals surface area contributed by atoms with Gasteiger partial charge in [-0.2, -0.15) is 0 Å². The number of carbonyl (C=O) groups excluding carboxylic acids is 1. The molecule has 3 rings (SSSR count). The van der Waals surface area contributed by atoms with Crippen LogP contribution in [0.5, 0.6) is 28.7 Å². The summed E-state index contributed by atoms with van der Waals surface area (Å²) >= 11 is 0. The summed E-state index contributed by atoms with van der Waals surface area (Å²) in [6, 6.07) is 6.53. The Hall–Kier alpha value is -3.19. The Morgan fingerprint density at radius 2 is 1.59 bits per heavy atom. The van der Waals surface area contributed by atoms with Crippen LogP contribution in [-0.4, -0.2) is 40.2 Å². The standard InChI is InChI=1S/C27H35NO6/c1-16(2)13-28(14-17(3)4)15-20-21(29)10-9-19-24(30)23(34-26(19)20)12-18-8-11-22(31-5)27(33-7)25(18)32-6/h8-12,16-17,29H,13-15H2,1-7H3. The highest BCUT2D eigenvalue weighted by atomic mass is 16.5. The molecule has 34 heavy (non-hydrogen) atoms. The van der Waals surface area contributed by atoms with Crippen LogP contribution in [0.15, 0.2) is 30.0 Å². The number of ketones is 1. The molecule has 0 amide bonds.